The van der Waals surface area contributed by atoms with Crippen LogP contribution in [0.4, 0.5) is 0 Å². The standard InChI is InChI=1S/C14H25N5O.ClH/c1-10(11-5-7-15-8-6-11)19-9-12(17-18-19)13(20)16-14(2,3)4;/h9-11,15H,5-8H2,1-4H3,(H,16,20);1H. The molecule has 1 aliphatic heterocycles. The molecule has 1 aromatic heterocycles. The molecule has 1 unspecified atom stereocenters. The smallest absolute Gasteiger partial charge is 0.273 e. The van der Waals surface area contributed by atoms with Gasteiger partial charge < -0.3 is 10.6 Å². The van der Waals surface area contributed by atoms with Crippen molar-refractivity contribution in [2.75, 3.05) is 13.1 Å². The molecule has 1 saturated heterocycles. The number of amides is 1. The van der Waals surface area contributed by atoms with Crippen molar-refractivity contribution in [3.8, 4) is 0 Å². The van der Waals surface area contributed by atoms with Crippen LogP contribution < -0.4 is 10.6 Å². The summed E-state index contributed by atoms with van der Waals surface area (Å²) in [5.41, 5.74) is 0.127. The lowest BCUT2D eigenvalue weighted by atomic mass is 9.91. The Morgan fingerprint density at radius 1 is 1.43 bits per heavy atom. The first kappa shape index (κ1) is 17.9. The van der Waals surface area contributed by atoms with E-state index in [0.717, 1.165) is 25.9 Å². The van der Waals surface area contributed by atoms with Crippen LogP contribution in [-0.2, 0) is 0 Å². The molecule has 21 heavy (non-hydrogen) atoms. The second-order valence-corrected chi connectivity index (χ2v) is 6.62. The topological polar surface area (TPSA) is 71.8 Å². The fourth-order valence-electron chi connectivity index (χ4n) is 2.53. The van der Waals surface area contributed by atoms with Gasteiger partial charge in [0.05, 0.1) is 12.2 Å². The highest BCUT2D eigenvalue weighted by molar-refractivity contribution is 5.92. The summed E-state index contributed by atoms with van der Waals surface area (Å²) in [5, 5.41) is 14.4. The SMILES string of the molecule is CC(C1CCNCC1)n1cc(C(=O)NC(C)(C)C)nn1.Cl. The number of hydrogen-bond donors (Lipinski definition) is 2. The van der Waals surface area contributed by atoms with Crippen LogP contribution in [0.15, 0.2) is 6.20 Å². The van der Waals surface area contributed by atoms with E-state index in [1.54, 1.807) is 6.20 Å². The van der Waals surface area contributed by atoms with Crippen LogP contribution in [0.2, 0.25) is 0 Å². The number of halogens is 1. The largest absolute Gasteiger partial charge is 0.346 e. The first-order valence-corrected chi connectivity index (χ1v) is 7.32. The number of piperidine rings is 1. The zero-order chi connectivity index (χ0) is 14.8. The van der Waals surface area contributed by atoms with Crippen LogP contribution >= 0.6 is 12.4 Å². The third-order valence-corrected chi connectivity index (χ3v) is 3.71. The number of carbonyl (C=O) groups is 1. The molecule has 1 amide bonds. The Hall–Kier alpha value is -1.14. The molecule has 0 radical (unpaired) electrons. The molecule has 7 heteroatoms. The van der Waals surface area contributed by atoms with E-state index in [2.05, 4.69) is 27.9 Å². The minimum absolute atomic E-state index is 0. The minimum Gasteiger partial charge on any atom is -0.346 e. The van der Waals surface area contributed by atoms with Crippen molar-refractivity contribution in [1.82, 2.24) is 25.6 Å². The van der Waals surface area contributed by atoms with Gasteiger partial charge >= 0.3 is 0 Å². The van der Waals surface area contributed by atoms with E-state index in [1.807, 2.05) is 25.5 Å². The molecule has 1 aromatic rings. The summed E-state index contributed by atoms with van der Waals surface area (Å²) in [6.45, 7) is 10.1. The van der Waals surface area contributed by atoms with Crippen LogP contribution in [0.1, 0.15) is 57.1 Å². The van der Waals surface area contributed by atoms with E-state index in [4.69, 9.17) is 0 Å². The fraction of sp³-hybridized carbons (Fsp3) is 0.786. The number of hydrogen-bond acceptors (Lipinski definition) is 4. The Balaban J connectivity index is 0.00000220. The molecular weight excluding hydrogens is 290 g/mol. The molecule has 0 aromatic carbocycles. The van der Waals surface area contributed by atoms with E-state index in [-0.39, 0.29) is 29.9 Å². The number of aromatic nitrogens is 3. The van der Waals surface area contributed by atoms with Gasteiger partial charge in [0.25, 0.3) is 5.91 Å². The maximum atomic E-state index is 12.0. The van der Waals surface area contributed by atoms with Crippen LogP contribution in [-0.4, -0.2) is 39.5 Å². The average Bonchev–Trinajstić information content (AvgIpc) is 2.86. The van der Waals surface area contributed by atoms with Gasteiger partial charge in [-0.2, -0.15) is 0 Å². The van der Waals surface area contributed by atoms with Crippen molar-refractivity contribution >= 4 is 18.3 Å². The highest BCUT2D eigenvalue weighted by Gasteiger charge is 2.24. The molecule has 6 nitrogen and oxygen atoms in total. The van der Waals surface area contributed by atoms with Gasteiger partial charge in [-0.05, 0) is 59.5 Å². The van der Waals surface area contributed by atoms with Gasteiger partial charge in [-0.3, -0.25) is 4.79 Å². The van der Waals surface area contributed by atoms with Gasteiger partial charge in [0.2, 0.25) is 0 Å². The fourth-order valence-corrected chi connectivity index (χ4v) is 2.53. The van der Waals surface area contributed by atoms with Gasteiger partial charge in [0.15, 0.2) is 5.69 Å². The molecule has 1 aliphatic rings. The Morgan fingerprint density at radius 3 is 2.62 bits per heavy atom. The first-order chi connectivity index (χ1) is 9.37. The molecule has 0 saturated carbocycles. The highest BCUT2D eigenvalue weighted by atomic mass is 35.5. The van der Waals surface area contributed by atoms with E-state index >= 15 is 0 Å². The van der Waals surface area contributed by atoms with Crippen LogP contribution in [0.3, 0.4) is 0 Å². The minimum atomic E-state index is -0.262. The molecule has 0 spiro atoms. The Labute approximate surface area is 132 Å². The molecule has 1 atom stereocenters. The summed E-state index contributed by atoms with van der Waals surface area (Å²) >= 11 is 0. The Bertz CT molecular complexity index is 462. The number of nitrogens with one attached hydrogen (secondary N) is 2. The van der Waals surface area contributed by atoms with E-state index in [1.165, 1.54) is 0 Å². The van der Waals surface area contributed by atoms with E-state index in [9.17, 15) is 4.79 Å². The predicted molar refractivity (Wildman–Crippen MR) is 84.8 cm³/mol. The maximum absolute atomic E-state index is 12.0. The van der Waals surface area contributed by atoms with Crippen molar-refractivity contribution in [3.63, 3.8) is 0 Å². The Morgan fingerprint density at radius 2 is 2.05 bits per heavy atom. The van der Waals surface area contributed by atoms with Crippen molar-refractivity contribution in [1.29, 1.82) is 0 Å². The van der Waals surface area contributed by atoms with Crippen molar-refractivity contribution < 1.29 is 4.79 Å². The van der Waals surface area contributed by atoms with Gasteiger partial charge in [-0.1, -0.05) is 5.21 Å². The maximum Gasteiger partial charge on any atom is 0.273 e. The molecule has 120 valence electrons. The quantitative estimate of drug-likeness (QED) is 0.892. The van der Waals surface area contributed by atoms with Crippen LogP contribution in [0, 0.1) is 5.92 Å². The van der Waals surface area contributed by atoms with Crippen molar-refractivity contribution in [2.45, 2.75) is 52.1 Å². The lowest BCUT2D eigenvalue weighted by Gasteiger charge is -2.27. The summed E-state index contributed by atoms with van der Waals surface area (Å²) in [7, 11) is 0. The molecule has 2 N–H and O–H groups in total. The summed E-state index contributed by atoms with van der Waals surface area (Å²) < 4.78 is 1.83. The van der Waals surface area contributed by atoms with Crippen LogP contribution in [0.5, 0.6) is 0 Å². The third kappa shape index (κ3) is 4.97. The average molecular weight is 316 g/mol. The molecule has 0 bridgehead atoms. The molecule has 0 aliphatic carbocycles. The third-order valence-electron chi connectivity index (χ3n) is 3.71. The number of nitrogens with zero attached hydrogens (tertiary/aromatic N) is 3. The molecule has 2 rings (SSSR count). The van der Waals surface area contributed by atoms with Crippen molar-refractivity contribution in [3.05, 3.63) is 11.9 Å². The lowest BCUT2D eigenvalue weighted by molar-refractivity contribution is 0.0914. The highest BCUT2D eigenvalue weighted by Crippen LogP contribution is 2.25. The summed E-state index contributed by atoms with van der Waals surface area (Å²) in [6.07, 6.45) is 4.04. The molecule has 2 heterocycles. The monoisotopic (exact) mass is 315 g/mol. The van der Waals surface area contributed by atoms with Crippen molar-refractivity contribution in [2.24, 2.45) is 5.92 Å². The Kier molecular flexibility index (Phi) is 6.16. The second kappa shape index (κ2) is 7.22. The molecular formula is C14H26ClN5O. The predicted octanol–water partition coefficient (Wildman–Crippen LogP) is 1.79. The zero-order valence-electron chi connectivity index (χ0n) is 13.2. The van der Waals surface area contributed by atoms with E-state index < -0.39 is 0 Å². The molecule has 1 fully saturated rings. The lowest BCUT2D eigenvalue weighted by Crippen LogP contribution is -2.40. The van der Waals surface area contributed by atoms with Gasteiger partial charge in [0.1, 0.15) is 0 Å². The zero-order valence-corrected chi connectivity index (χ0v) is 14.0. The second-order valence-electron chi connectivity index (χ2n) is 6.62. The summed E-state index contributed by atoms with van der Waals surface area (Å²) in [6, 6.07) is 0.279. The summed E-state index contributed by atoms with van der Waals surface area (Å²) in [4.78, 5) is 12.0. The number of rotatable bonds is 3. The van der Waals surface area contributed by atoms with Gasteiger partial charge in [-0.15, -0.1) is 17.5 Å². The van der Waals surface area contributed by atoms with E-state index in [0.29, 0.717) is 11.6 Å². The summed E-state index contributed by atoms with van der Waals surface area (Å²) in [5.74, 6) is 0.428. The normalized spacial score (nSPS) is 17.9. The van der Waals surface area contributed by atoms with Gasteiger partial charge in [0, 0.05) is 5.54 Å². The number of carbonyl (C=O) groups excluding carboxylic acids is 1. The van der Waals surface area contributed by atoms with Gasteiger partial charge in [-0.25, -0.2) is 4.68 Å². The van der Waals surface area contributed by atoms with Crippen LogP contribution in [0.25, 0.3) is 0 Å². The first-order valence-electron chi connectivity index (χ1n) is 7.32.